The first kappa shape index (κ1) is 19.0. The third-order valence-corrected chi connectivity index (χ3v) is 5.10. The smallest absolute Gasteiger partial charge is 0.249 e. The molecule has 3 heteroatoms. The number of benzene rings is 3. The zero-order valence-electron chi connectivity index (χ0n) is 16.7. The van der Waals surface area contributed by atoms with E-state index in [9.17, 15) is 4.79 Å². The van der Waals surface area contributed by atoms with E-state index in [1.165, 1.54) is 0 Å². The summed E-state index contributed by atoms with van der Waals surface area (Å²) in [6.45, 7) is 8.42. The molecule has 1 amide bonds. The number of fused-ring (bicyclic) bond motifs is 1. The van der Waals surface area contributed by atoms with Gasteiger partial charge in [-0.05, 0) is 57.0 Å². The van der Waals surface area contributed by atoms with Crippen LogP contribution in [0.1, 0.15) is 61.0 Å². The molecule has 0 spiro atoms. The van der Waals surface area contributed by atoms with Crippen molar-refractivity contribution in [2.45, 2.75) is 39.5 Å². The largest absolute Gasteiger partial charge is 0.497 e. The lowest BCUT2D eigenvalue weighted by molar-refractivity contribution is 0.0998. The van der Waals surface area contributed by atoms with Gasteiger partial charge in [0, 0.05) is 5.56 Å². The summed E-state index contributed by atoms with van der Waals surface area (Å²) in [6, 6.07) is 16.5. The number of amides is 1. The van der Waals surface area contributed by atoms with Gasteiger partial charge in [-0.1, -0.05) is 64.1 Å². The minimum Gasteiger partial charge on any atom is -0.497 e. The van der Waals surface area contributed by atoms with Crippen LogP contribution in [0.25, 0.3) is 21.9 Å². The molecule has 3 rings (SSSR count). The molecule has 0 radical (unpaired) electrons. The van der Waals surface area contributed by atoms with Gasteiger partial charge >= 0.3 is 0 Å². The van der Waals surface area contributed by atoms with Crippen molar-refractivity contribution < 1.29 is 9.53 Å². The summed E-state index contributed by atoms with van der Waals surface area (Å²) >= 11 is 0. The second-order valence-electron chi connectivity index (χ2n) is 7.56. The lowest BCUT2D eigenvalue weighted by atomic mass is 9.82. The van der Waals surface area contributed by atoms with E-state index in [1.807, 2.05) is 24.3 Å². The second-order valence-corrected chi connectivity index (χ2v) is 7.56. The SMILES string of the molecule is COc1ccc2c(-c3ccc(C(C)C)c(C(N)=O)c3C(C)C)cccc2c1. The van der Waals surface area contributed by atoms with Gasteiger partial charge in [0.15, 0.2) is 0 Å². The fraction of sp³-hybridized carbons (Fsp3) is 0.292. The molecule has 0 unspecified atom stereocenters. The molecule has 140 valence electrons. The van der Waals surface area contributed by atoms with Crippen LogP contribution in [0.3, 0.4) is 0 Å². The summed E-state index contributed by atoms with van der Waals surface area (Å²) in [5, 5.41) is 2.24. The molecule has 0 saturated carbocycles. The van der Waals surface area contributed by atoms with E-state index in [0.29, 0.717) is 5.56 Å². The average molecular weight is 361 g/mol. The first-order valence-corrected chi connectivity index (χ1v) is 9.38. The lowest BCUT2D eigenvalue weighted by Crippen LogP contribution is -2.18. The van der Waals surface area contributed by atoms with Crippen LogP contribution < -0.4 is 10.5 Å². The number of hydrogen-bond acceptors (Lipinski definition) is 2. The monoisotopic (exact) mass is 361 g/mol. The Morgan fingerprint density at radius 2 is 1.67 bits per heavy atom. The van der Waals surface area contributed by atoms with Crippen LogP contribution in [-0.2, 0) is 0 Å². The van der Waals surface area contributed by atoms with Crippen molar-refractivity contribution in [2.24, 2.45) is 5.73 Å². The van der Waals surface area contributed by atoms with Crippen molar-refractivity contribution in [3.8, 4) is 16.9 Å². The number of carbonyl (C=O) groups is 1. The molecule has 0 aliphatic heterocycles. The summed E-state index contributed by atoms with van der Waals surface area (Å²) in [7, 11) is 1.67. The maximum atomic E-state index is 12.4. The summed E-state index contributed by atoms with van der Waals surface area (Å²) < 4.78 is 5.36. The van der Waals surface area contributed by atoms with Crippen molar-refractivity contribution in [2.75, 3.05) is 7.11 Å². The molecule has 0 aliphatic carbocycles. The molecule has 3 aromatic carbocycles. The summed E-state index contributed by atoms with van der Waals surface area (Å²) in [4.78, 5) is 12.4. The van der Waals surface area contributed by atoms with E-state index >= 15 is 0 Å². The van der Waals surface area contributed by atoms with Crippen LogP contribution in [0.2, 0.25) is 0 Å². The predicted molar refractivity (Wildman–Crippen MR) is 113 cm³/mol. The minimum absolute atomic E-state index is 0.176. The van der Waals surface area contributed by atoms with E-state index in [4.69, 9.17) is 10.5 Å². The number of rotatable bonds is 5. The normalized spacial score (nSPS) is 11.4. The third-order valence-electron chi connectivity index (χ3n) is 5.10. The zero-order chi connectivity index (χ0) is 19.7. The number of nitrogens with two attached hydrogens (primary N) is 1. The lowest BCUT2D eigenvalue weighted by Gasteiger charge is -2.22. The summed E-state index contributed by atoms with van der Waals surface area (Å²) in [5.41, 5.74) is 10.7. The maximum absolute atomic E-state index is 12.4. The topological polar surface area (TPSA) is 52.3 Å². The molecule has 2 N–H and O–H groups in total. The van der Waals surface area contributed by atoms with Gasteiger partial charge in [-0.25, -0.2) is 0 Å². The van der Waals surface area contributed by atoms with Gasteiger partial charge in [0.05, 0.1) is 7.11 Å². The molecule has 0 saturated heterocycles. The first-order valence-electron chi connectivity index (χ1n) is 9.38. The third kappa shape index (κ3) is 3.42. The Bertz CT molecular complexity index is 1000. The van der Waals surface area contributed by atoms with Crippen molar-refractivity contribution in [3.63, 3.8) is 0 Å². The fourth-order valence-electron chi connectivity index (χ4n) is 3.85. The molecule has 0 fully saturated rings. The highest BCUT2D eigenvalue weighted by Gasteiger charge is 2.22. The molecule has 0 aliphatic rings. The van der Waals surface area contributed by atoms with E-state index in [2.05, 4.69) is 52.0 Å². The highest BCUT2D eigenvalue weighted by Crippen LogP contribution is 2.39. The van der Waals surface area contributed by atoms with Gasteiger partial charge in [0.25, 0.3) is 0 Å². The molecule has 3 aromatic rings. The quantitative estimate of drug-likeness (QED) is 0.618. The zero-order valence-corrected chi connectivity index (χ0v) is 16.7. The van der Waals surface area contributed by atoms with Gasteiger partial charge in [-0.2, -0.15) is 0 Å². The Morgan fingerprint density at radius 1 is 0.926 bits per heavy atom. The standard InChI is InChI=1S/C24H27NO2/c1-14(2)18-11-12-21(22(15(3)4)23(18)24(25)26)20-8-6-7-16-13-17(27-5)9-10-19(16)20/h6-15H,1-5H3,(H2,25,26). The van der Waals surface area contributed by atoms with Crippen LogP contribution in [0.5, 0.6) is 5.75 Å². The maximum Gasteiger partial charge on any atom is 0.249 e. The highest BCUT2D eigenvalue weighted by molar-refractivity contribution is 6.02. The Balaban J connectivity index is 2.37. The van der Waals surface area contributed by atoms with Crippen LogP contribution in [-0.4, -0.2) is 13.0 Å². The van der Waals surface area contributed by atoms with E-state index in [0.717, 1.165) is 38.8 Å². The minimum atomic E-state index is -0.355. The number of primary amides is 1. The number of ether oxygens (including phenoxy) is 1. The number of methoxy groups -OCH3 is 1. The molecular weight excluding hydrogens is 334 g/mol. The molecule has 0 bridgehead atoms. The van der Waals surface area contributed by atoms with E-state index in [1.54, 1.807) is 7.11 Å². The molecule has 0 atom stereocenters. The van der Waals surface area contributed by atoms with E-state index < -0.39 is 0 Å². The Kier molecular flexibility index (Phi) is 5.22. The molecule has 0 aromatic heterocycles. The highest BCUT2D eigenvalue weighted by atomic mass is 16.5. The summed E-state index contributed by atoms with van der Waals surface area (Å²) in [6.07, 6.45) is 0. The number of carbonyl (C=O) groups excluding carboxylic acids is 1. The molecular formula is C24H27NO2. The van der Waals surface area contributed by atoms with Crippen LogP contribution in [0.4, 0.5) is 0 Å². The first-order chi connectivity index (χ1) is 12.8. The summed E-state index contributed by atoms with van der Waals surface area (Å²) in [5.74, 6) is 0.883. The van der Waals surface area contributed by atoms with Gasteiger partial charge in [-0.15, -0.1) is 0 Å². The fourth-order valence-corrected chi connectivity index (χ4v) is 3.85. The van der Waals surface area contributed by atoms with Gasteiger partial charge in [-0.3, -0.25) is 4.79 Å². The Hall–Kier alpha value is -2.81. The number of hydrogen-bond donors (Lipinski definition) is 1. The van der Waals surface area contributed by atoms with Gasteiger partial charge in [0.2, 0.25) is 5.91 Å². The Labute approximate surface area is 161 Å². The van der Waals surface area contributed by atoms with Crippen molar-refractivity contribution in [1.29, 1.82) is 0 Å². The predicted octanol–water partition coefficient (Wildman–Crippen LogP) is 5.86. The van der Waals surface area contributed by atoms with Crippen molar-refractivity contribution >= 4 is 16.7 Å². The van der Waals surface area contributed by atoms with Gasteiger partial charge < -0.3 is 10.5 Å². The average Bonchev–Trinajstić information content (AvgIpc) is 2.65. The van der Waals surface area contributed by atoms with Crippen molar-refractivity contribution in [3.05, 3.63) is 65.2 Å². The van der Waals surface area contributed by atoms with Gasteiger partial charge in [0.1, 0.15) is 5.75 Å². The Morgan fingerprint density at radius 3 is 2.26 bits per heavy atom. The molecule has 27 heavy (non-hydrogen) atoms. The van der Waals surface area contributed by atoms with Crippen LogP contribution in [0, 0.1) is 0 Å². The van der Waals surface area contributed by atoms with Crippen LogP contribution in [0.15, 0.2) is 48.5 Å². The second kappa shape index (κ2) is 7.43. The van der Waals surface area contributed by atoms with E-state index in [-0.39, 0.29) is 17.7 Å². The molecule has 3 nitrogen and oxygen atoms in total. The molecule has 0 heterocycles. The van der Waals surface area contributed by atoms with Crippen molar-refractivity contribution in [1.82, 2.24) is 0 Å². The van der Waals surface area contributed by atoms with Crippen LogP contribution >= 0.6 is 0 Å².